The number of rotatable bonds is 4. The van der Waals surface area contributed by atoms with E-state index in [0.717, 1.165) is 50.7 Å². The molecule has 4 bridgehead atoms. The molecule has 1 amide bonds. The van der Waals surface area contributed by atoms with Gasteiger partial charge in [-0.05, 0) is 96.2 Å². The third-order valence-corrected chi connectivity index (χ3v) is 8.71. The third kappa shape index (κ3) is 3.20. The number of furan rings is 1. The maximum Gasteiger partial charge on any atom is 0.228 e. The van der Waals surface area contributed by atoms with Gasteiger partial charge < -0.3 is 9.73 Å². The van der Waals surface area contributed by atoms with Crippen molar-refractivity contribution in [3.63, 3.8) is 0 Å². The lowest BCUT2D eigenvalue weighted by Crippen LogP contribution is -2.48. The topological polar surface area (TPSA) is 42.2 Å². The molecule has 166 valence electrons. The molecule has 0 unspecified atom stereocenters. The molecule has 4 fully saturated rings. The fourth-order valence-electron chi connectivity index (χ4n) is 7.75. The molecule has 8 rings (SSSR count). The van der Waals surface area contributed by atoms with Crippen molar-refractivity contribution in [2.24, 2.45) is 17.8 Å². The van der Waals surface area contributed by atoms with E-state index in [9.17, 15) is 4.79 Å². The first kappa shape index (κ1) is 19.4. The highest BCUT2D eigenvalue weighted by Gasteiger charge is 2.51. The minimum Gasteiger partial charge on any atom is -0.464 e. The van der Waals surface area contributed by atoms with Crippen molar-refractivity contribution in [3.05, 3.63) is 78.1 Å². The molecule has 0 spiro atoms. The van der Waals surface area contributed by atoms with Gasteiger partial charge in [-0.1, -0.05) is 42.5 Å². The van der Waals surface area contributed by atoms with Crippen LogP contribution in [0, 0.1) is 17.8 Å². The highest BCUT2D eigenvalue weighted by molar-refractivity contribution is 6.09. The molecule has 1 heterocycles. The lowest BCUT2D eigenvalue weighted by Gasteiger charge is -2.57. The Labute approximate surface area is 194 Å². The molecule has 0 radical (unpaired) electrons. The van der Waals surface area contributed by atoms with Crippen LogP contribution in [0.3, 0.4) is 0 Å². The van der Waals surface area contributed by atoms with Gasteiger partial charge in [0.05, 0.1) is 12.7 Å². The van der Waals surface area contributed by atoms with Crippen molar-refractivity contribution in [1.29, 1.82) is 0 Å². The summed E-state index contributed by atoms with van der Waals surface area (Å²) in [6, 6.07) is 21.1. The minimum atomic E-state index is -0.00631. The fraction of sp³-hybridized carbons (Fsp3) is 0.367. The maximum absolute atomic E-state index is 12.9. The van der Waals surface area contributed by atoms with E-state index in [1.807, 2.05) is 18.2 Å². The first-order valence-corrected chi connectivity index (χ1v) is 12.4. The molecule has 4 saturated carbocycles. The second kappa shape index (κ2) is 7.21. The molecule has 4 aromatic rings. The van der Waals surface area contributed by atoms with Gasteiger partial charge in [0.1, 0.15) is 5.58 Å². The van der Waals surface area contributed by atoms with Crippen LogP contribution in [0.1, 0.15) is 49.7 Å². The quantitative estimate of drug-likeness (QED) is 0.367. The Hall–Kier alpha value is -3.07. The largest absolute Gasteiger partial charge is 0.464 e. The van der Waals surface area contributed by atoms with E-state index < -0.39 is 0 Å². The molecule has 33 heavy (non-hydrogen) atoms. The molecular weight excluding hydrogens is 406 g/mol. The molecule has 0 atom stereocenters. The Morgan fingerprint density at radius 3 is 2.30 bits per heavy atom. The number of anilines is 1. The van der Waals surface area contributed by atoms with E-state index in [0.29, 0.717) is 11.8 Å². The number of carbonyl (C=O) groups is 1. The predicted molar refractivity (Wildman–Crippen MR) is 132 cm³/mol. The summed E-state index contributed by atoms with van der Waals surface area (Å²) in [7, 11) is 0. The summed E-state index contributed by atoms with van der Waals surface area (Å²) in [5.41, 5.74) is 4.53. The van der Waals surface area contributed by atoms with Gasteiger partial charge in [-0.3, -0.25) is 4.79 Å². The molecular formula is C30H29NO2. The molecule has 1 N–H and O–H groups in total. The summed E-state index contributed by atoms with van der Waals surface area (Å²) in [4.78, 5) is 12.9. The Morgan fingerprint density at radius 2 is 1.58 bits per heavy atom. The number of hydrogen-bond donors (Lipinski definition) is 1. The second-order valence-corrected chi connectivity index (χ2v) is 10.9. The Balaban J connectivity index is 1.10. The van der Waals surface area contributed by atoms with Crippen LogP contribution in [0.2, 0.25) is 0 Å². The molecule has 3 heteroatoms. The van der Waals surface area contributed by atoms with Crippen molar-refractivity contribution >= 4 is 33.3 Å². The first-order valence-electron chi connectivity index (χ1n) is 12.4. The van der Waals surface area contributed by atoms with Crippen LogP contribution >= 0.6 is 0 Å². The normalized spacial score (nSPS) is 27.9. The molecule has 1 aromatic heterocycles. The van der Waals surface area contributed by atoms with Crippen molar-refractivity contribution in [2.45, 2.75) is 50.4 Å². The number of fused-ring (bicyclic) bond motifs is 3. The third-order valence-electron chi connectivity index (χ3n) is 8.71. The van der Waals surface area contributed by atoms with Crippen LogP contribution < -0.4 is 5.32 Å². The molecule has 4 aliphatic carbocycles. The van der Waals surface area contributed by atoms with E-state index in [4.69, 9.17) is 4.42 Å². The summed E-state index contributed by atoms with van der Waals surface area (Å²) in [6.07, 6.45) is 10.5. The highest BCUT2D eigenvalue weighted by Crippen LogP contribution is 2.60. The highest BCUT2D eigenvalue weighted by atomic mass is 16.3. The zero-order valence-corrected chi connectivity index (χ0v) is 18.8. The number of carbonyl (C=O) groups excluding carboxylic acids is 1. The van der Waals surface area contributed by atoms with Crippen molar-refractivity contribution in [2.75, 3.05) is 5.32 Å². The average molecular weight is 436 g/mol. The van der Waals surface area contributed by atoms with Gasteiger partial charge in [0.15, 0.2) is 0 Å². The van der Waals surface area contributed by atoms with E-state index in [-0.39, 0.29) is 5.91 Å². The molecule has 3 nitrogen and oxygen atoms in total. The van der Waals surface area contributed by atoms with Gasteiger partial charge in [0, 0.05) is 16.6 Å². The number of benzene rings is 3. The van der Waals surface area contributed by atoms with Crippen LogP contribution in [-0.2, 0) is 16.6 Å². The second-order valence-electron chi connectivity index (χ2n) is 10.9. The van der Waals surface area contributed by atoms with Gasteiger partial charge >= 0.3 is 0 Å². The van der Waals surface area contributed by atoms with Crippen molar-refractivity contribution < 1.29 is 9.21 Å². The van der Waals surface area contributed by atoms with Crippen LogP contribution in [0.5, 0.6) is 0 Å². The standard InChI is InChI=1S/C30H29NO2/c32-28(14-23-18-33-27-10-5-22-3-1-2-4-26(22)29(23)27)31-25-8-6-24(7-9-25)30-15-19-11-20(16-30)13-21(12-19)17-30/h1-10,18-21H,11-17H2,(H,31,32). The summed E-state index contributed by atoms with van der Waals surface area (Å²) >= 11 is 0. The summed E-state index contributed by atoms with van der Waals surface area (Å²) < 4.78 is 5.76. The lowest BCUT2D eigenvalue weighted by molar-refractivity contribution is -0.115. The zero-order chi connectivity index (χ0) is 22.0. The van der Waals surface area contributed by atoms with E-state index >= 15 is 0 Å². The smallest absolute Gasteiger partial charge is 0.228 e. The van der Waals surface area contributed by atoms with Gasteiger partial charge in [0.2, 0.25) is 5.91 Å². The fourth-order valence-corrected chi connectivity index (χ4v) is 7.75. The van der Waals surface area contributed by atoms with Crippen LogP contribution in [0.4, 0.5) is 5.69 Å². The van der Waals surface area contributed by atoms with Gasteiger partial charge in [-0.2, -0.15) is 0 Å². The maximum atomic E-state index is 12.9. The molecule has 3 aromatic carbocycles. The zero-order valence-electron chi connectivity index (χ0n) is 18.8. The predicted octanol–water partition coefficient (Wildman–Crippen LogP) is 7.24. The van der Waals surface area contributed by atoms with Crippen molar-refractivity contribution in [3.8, 4) is 0 Å². The Morgan fingerprint density at radius 1 is 0.879 bits per heavy atom. The molecule has 0 aliphatic heterocycles. The van der Waals surface area contributed by atoms with Crippen LogP contribution in [-0.4, -0.2) is 5.91 Å². The van der Waals surface area contributed by atoms with E-state index in [1.165, 1.54) is 44.1 Å². The summed E-state index contributed by atoms with van der Waals surface area (Å²) in [5, 5.41) is 6.45. The first-order chi connectivity index (χ1) is 16.1. The van der Waals surface area contributed by atoms with E-state index in [1.54, 1.807) is 6.26 Å². The Bertz CT molecular complexity index is 1330. The number of nitrogens with one attached hydrogen (secondary N) is 1. The molecule has 0 saturated heterocycles. The van der Waals surface area contributed by atoms with Crippen LogP contribution in [0.15, 0.2) is 71.3 Å². The van der Waals surface area contributed by atoms with Gasteiger partial charge in [-0.15, -0.1) is 0 Å². The monoisotopic (exact) mass is 435 g/mol. The van der Waals surface area contributed by atoms with Gasteiger partial charge in [0.25, 0.3) is 0 Å². The summed E-state index contributed by atoms with van der Waals surface area (Å²) in [6.45, 7) is 0. The lowest BCUT2D eigenvalue weighted by atomic mass is 9.48. The van der Waals surface area contributed by atoms with Crippen molar-refractivity contribution in [1.82, 2.24) is 0 Å². The van der Waals surface area contributed by atoms with Gasteiger partial charge in [-0.25, -0.2) is 0 Å². The van der Waals surface area contributed by atoms with E-state index in [2.05, 4.69) is 47.8 Å². The molecule has 4 aliphatic rings. The summed E-state index contributed by atoms with van der Waals surface area (Å²) in [5.74, 6) is 2.82. The minimum absolute atomic E-state index is 0.00631. The number of hydrogen-bond acceptors (Lipinski definition) is 2. The Kier molecular flexibility index (Phi) is 4.24. The number of amides is 1. The SMILES string of the molecule is O=C(Cc1coc2ccc3ccccc3c12)Nc1ccc(C23CC4CC(CC(C4)C2)C3)cc1. The average Bonchev–Trinajstić information content (AvgIpc) is 3.22. The van der Waals surface area contributed by atoms with Crippen LogP contribution in [0.25, 0.3) is 21.7 Å².